The minimum Gasteiger partial charge on any atom is -0.387 e. The predicted octanol–water partition coefficient (Wildman–Crippen LogP) is -1.62. The van der Waals surface area contributed by atoms with Gasteiger partial charge in [-0.1, -0.05) is 12.8 Å². The summed E-state index contributed by atoms with van der Waals surface area (Å²) in [6.07, 6.45) is -3.21. The van der Waals surface area contributed by atoms with E-state index in [0.29, 0.717) is 13.1 Å². The first-order chi connectivity index (χ1) is 9.56. The number of hydrogen-bond donors (Lipinski definition) is 4. The zero-order valence-electron chi connectivity index (χ0n) is 11.2. The molecule has 2 aliphatic rings. The molecule has 2 heterocycles. The highest BCUT2D eigenvalue weighted by atomic mass is 16.6. The van der Waals surface area contributed by atoms with Gasteiger partial charge in [0.25, 0.3) is 0 Å². The molecular formula is C13H21NO6. The monoisotopic (exact) mass is 287 g/mol. The molecule has 2 saturated heterocycles. The summed E-state index contributed by atoms with van der Waals surface area (Å²) in [7, 11) is 0. The van der Waals surface area contributed by atoms with Crippen LogP contribution < -0.4 is 0 Å². The van der Waals surface area contributed by atoms with Crippen LogP contribution in [0.25, 0.3) is 0 Å². The van der Waals surface area contributed by atoms with Crippen molar-refractivity contribution < 1.29 is 30.0 Å². The molecule has 2 aliphatic heterocycles. The van der Waals surface area contributed by atoms with Gasteiger partial charge in [0.2, 0.25) is 0 Å². The molecule has 0 radical (unpaired) electrons. The molecule has 0 saturated carbocycles. The van der Waals surface area contributed by atoms with Crippen molar-refractivity contribution in [2.24, 2.45) is 0 Å². The molecule has 2 fully saturated rings. The highest BCUT2D eigenvalue weighted by Crippen LogP contribution is 2.26. The predicted molar refractivity (Wildman–Crippen MR) is 68.1 cm³/mol. The maximum absolute atomic E-state index is 11.2. The molecule has 0 amide bonds. The zero-order valence-corrected chi connectivity index (χ0v) is 11.2. The topological polar surface area (TPSA) is 110 Å². The zero-order chi connectivity index (χ0) is 14.7. The Bertz CT molecular complexity index is 375. The SMILES string of the molecule is O=C=C([C@@H](O)[C@H]1O[C@H](O)[C@@H](O)[C@H]1O)N1CCCCCC1. The molecule has 7 heteroatoms. The van der Waals surface area contributed by atoms with E-state index >= 15 is 0 Å². The summed E-state index contributed by atoms with van der Waals surface area (Å²) in [5.41, 5.74) is 0.0113. The molecule has 0 aromatic heterocycles. The van der Waals surface area contributed by atoms with Crippen LogP contribution in [0.1, 0.15) is 25.7 Å². The van der Waals surface area contributed by atoms with Gasteiger partial charge in [0.15, 0.2) is 6.29 Å². The molecule has 0 bridgehead atoms. The molecule has 7 nitrogen and oxygen atoms in total. The fourth-order valence-corrected chi connectivity index (χ4v) is 2.73. The van der Waals surface area contributed by atoms with E-state index < -0.39 is 30.7 Å². The number of ether oxygens (including phenoxy) is 1. The lowest BCUT2D eigenvalue weighted by atomic mass is 10.0. The summed E-state index contributed by atoms with van der Waals surface area (Å²) < 4.78 is 4.93. The van der Waals surface area contributed by atoms with Gasteiger partial charge in [-0.3, -0.25) is 0 Å². The van der Waals surface area contributed by atoms with Gasteiger partial charge in [-0.2, -0.15) is 0 Å². The number of hydrogen-bond acceptors (Lipinski definition) is 7. The molecule has 2 rings (SSSR count). The van der Waals surface area contributed by atoms with Crippen molar-refractivity contribution in [1.29, 1.82) is 0 Å². The third kappa shape index (κ3) is 3.03. The number of rotatable bonds is 3. The van der Waals surface area contributed by atoms with Gasteiger partial charge in [-0.05, 0) is 12.8 Å². The van der Waals surface area contributed by atoms with Crippen molar-refractivity contribution in [3.8, 4) is 0 Å². The molecule has 0 spiro atoms. The van der Waals surface area contributed by atoms with E-state index in [0.717, 1.165) is 25.7 Å². The molecule has 0 aromatic carbocycles. The average Bonchev–Trinajstić information content (AvgIpc) is 2.67. The Balaban J connectivity index is 2.09. The Morgan fingerprint density at radius 1 is 1.10 bits per heavy atom. The second-order valence-corrected chi connectivity index (χ2v) is 5.31. The summed E-state index contributed by atoms with van der Waals surface area (Å²) >= 11 is 0. The molecule has 0 unspecified atom stereocenters. The van der Waals surface area contributed by atoms with E-state index in [9.17, 15) is 25.2 Å². The fourth-order valence-electron chi connectivity index (χ4n) is 2.73. The maximum atomic E-state index is 11.2. The van der Waals surface area contributed by atoms with Gasteiger partial charge in [0.1, 0.15) is 36.1 Å². The van der Waals surface area contributed by atoms with Gasteiger partial charge >= 0.3 is 0 Å². The van der Waals surface area contributed by atoms with Gasteiger partial charge in [0, 0.05) is 13.1 Å². The number of likely N-dealkylation sites (tertiary alicyclic amines) is 1. The van der Waals surface area contributed by atoms with E-state index in [2.05, 4.69) is 0 Å². The Kier molecular flexibility index (Phi) is 5.15. The van der Waals surface area contributed by atoms with Crippen LogP contribution in [0.2, 0.25) is 0 Å². The Hall–Kier alpha value is -0.950. The first-order valence-electron chi connectivity index (χ1n) is 6.94. The van der Waals surface area contributed by atoms with Crippen LogP contribution in [-0.4, -0.2) is 75.1 Å². The Morgan fingerprint density at radius 3 is 2.15 bits per heavy atom. The van der Waals surface area contributed by atoms with Gasteiger partial charge in [-0.25, -0.2) is 4.79 Å². The second-order valence-electron chi connectivity index (χ2n) is 5.31. The summed E-state index contributed by atoms with van der Waals surface area (Å²) in [5.74, 6) is 1.71. The third-order valence-corrected chi connectivity index (χ3v) is 3.92. The quantitative estimate of drug-likeness (QED) is 0.462. The van der Waals surface area contributed by atoms with Crippen molar-refractivity contribution in [2.75, 3.05) is 13.1 Å². The first-order valence-corrected chi connectivity index (χ1v) is 6.94. The normalized spacial score (nSPS) is 36.3. The van der Waals surface area contributed by atoms with Gasteiger partial charge < -0.3 is 30.1 Å². The average molecular weight is 287 g/mol. The largest absolute Gasteiger partial charge is 0.387 e. The Morgan fingerprint density at radius 2 is 1.70 bits per heavy atom. The van der Waals surface area contributed by atoms with Crippen LogP contribution >= 0.6 is 0 Å². The highest BCUT2D eigenvalue weighted by molar-refractivity contribution is 5.53. The van der Waals surface area contributed by atoms with E-state index in [-0.39, 0.29) is 5.70 Å². The molecule has 20 heavy (non-hydrogen) atoms. The highest BCUT2D eigenvalue weighted by Gasteiger charge is 2.47. The summed E-state index contributed by atoms with van der Waals surface area (Å²) in [4.78, 5) is 12.9. The van der Waals surface area contributed by atoms with E-state index in [1.807, 2.05) is 0 Å². The van der Waals surface area contributed by atoms with Crippen molar-refractivity contribution in [2.45, 2.75) is 56.4 Å². The van der Waals surface area contributed by atoms with Crippen LogP contribution in [-0.2, 0) is 9.53 Å². The van der Waals surface area contributed by atoms with Crippen LogP contribution in [0.3, 0.4) is 0 Å². The minimum atomic E-state index is -1.57. The second kappa shape index (κ2) is 6.67. The summed E-state index contributed by atoms with van der Waals surface area (Å²) in [6.45, 7) is 1.27. The smallest absolute Gasteiger partial charge is 0.184 e. The van der Waals surface area contributed by atoms with E-state index in [1.54, 1.807) is 10.8 Å². The van der Waals surface area contributed by atoms with Crippen molar-refractivity contribution in [3.63, 3.8) is 0 Å². The number of aliphatic hydroxyl groups is 4. The molecule has 5 atom stereocenters. The first kappa shape index (κ1) is 15.4. The minimum absolute atomic E-state index is 0.0113. The summed E-state index contributed by atoms with van der Waals surface area (Å²) in [6, 6.07) is 0. The third-order valence-electron chi connectivity index (χ3n) is 3.92. The van der Waals surface area contributed by atoms with E-state index in [1.165, 1.54) is 0 Å². The number of nitrogens with zero attached hydrogens (tertiary/aromatic N) is 1. The van der Waals surface area contributed by atoms with Gasteiger partial charge in [-0.15, -0.1) is 0 Å². The van der Waals surface area contributed by atoms with Crippen LogP contribution in [0, 0.1) is 0 Å². The van der Waals surface area contributed by atoms with Crippen LogP contribution in [0.5, 0.6) is 0 Å². The Labute approximate surface area is 117 Å². The summed E-state index contributed by atoms with van der Waals surface area (Å²) in [5, 5.41) is 38.7. The van der Waals surface area contributed by atoms with Crippen LogP contribution in [0.15, 0.2) is 5.70 Å². The van der Waals surface area contributed by atoms with Crippen molar-refractivity contribution >= 4 is 5.94 Å². The fraction of sp³-hybridized carbons (Fsp3) is 0.846. The van der Waals surface area contributed by atoms with Crippen LogP contribution in [0.4, 0.5) is 0 Å². The lowest BCUT2D eigenvalue weighted by Gasteiger charge is -2.29. The lowest BCUT2D eigenvalue weighted by molar-refractivity contribution is -0.143. The maximum Gasteiger partial charge on any atom is 0.184 e. The molecule has 4 N–H and O–H groups in total. The molecule has 0 aromatic rings. The van der Waals surface area contributed by atoms with Gasteiger partial charge in [0.05, 0.1) is 0 Å². The van der Waals surface area contributed by atoms with E-state index in [4.69, 9.17) is 4.74 Å². The standard InChI is InChI=1S/C13H21NO6/c15-7-8(14-5-3-1-2-4-6-14)9(16)12-10(17)11(18)13(19)20-12/h9-13,16-19H,1-6H2/t9-,10-,11+,12-,13+/m1/s1. The molecular weight excluding hydrogens is 266 g/mol. The number of aliphatic hydroxyl groups excluding tert-OH is 4. The number of carbonyl (C=O) groups excluding carboxylic acids is 1. The van der Waals surface area contributed by atoms with Crippen molar-refractivity contribution in [1.82, 2.24) is 4.90 Å². The van der Waals surface area contributed by atoms with Crippen molar-refractivity contribution in [3.05, 3.63) is 5.70 Å². The molecule has 0 aliphatic carbocycles. The molecule has 114 valence electrons. The lowest BCUT2D eigenvalue weighted by Crippen LogP contribution is -2.44.